The van der Waals surface area contributed by atoms with Crippen molar-refractivity contribution in [3.05, 3.63) is 35.9 Å². The van der Waals surface area contributed by atoms with Crippen LogP contribution in [-0.4, -0.2) is 59.7 Å². The van der Waals surface area contributed by atoms with E-state index in [4.69, 9.17) is 9.47 Å². The number of benzene rings is 1. The summed E-state index contributed by atoms with van der Waals surface area (Å²) in [6, 6.07) is 10.3. The molecule has 0 bridgehead atoms. The Balaban J connectivity index is 0.000000477. The number of likely N-dealkylation sites (tertiary alicyclic amines) is 1. The van der Waals surface area contributed by atoms with E-state index in [0.717, 1.165) is 19.3 Å². The molecule has 0 radical (unpaired) electrons. The van der Waals surface area contributed by atoms with Crippen LogP contribution < -0.4 is 0 Å². The standard InChI is InChI=1S/C16H26N2O5.C7H8.C2H6/c1-16(2,3)23-14(20)17-8-6-12(7-9-17)4-5-13(19)18-10-11-22-15(18)21;1-7-5-3-2-4-6-7;1-2/h12H,4-11H2,1-3H3;2-6H,1H3;1-2H3. The summed E-state index contributed by atoms with van der Waals surface area (Å²) in [6.45, 7) is 13.6. The quantitative estimate of drug-likeness (QED) is 0.618. The van der Waals surface area contributed by atoms with Crippen LogP contribution in [-0.2, 0) is 14.3 Å². The summed E-state index contributed by atoms with van der Waals surface area (Å²) in [5, 5.41) is 0. The van der Waals surface area contributed by atoms with E-state index in [0.29, 0.717) is 38.6 Å². The van der Waals surface area contributed by atoms with E-state index in [1.807, 2.05) is 52.8 Å². The summed E-state index contributed by atoms with van der Waals surface area (Å²) >= 11 is 0. The van der Waals surface area contributed by atoms with Crippen LogP contribution in [0.4, 0.5) is 9.59 Å². The maximum absolute atomic E-state index is 12.0. The van der Waals surface area contributed by atoms with Crippen molar-refractivity contribution in [3.8, 4) is 0 Å². The number of hydrogen-bond donors (Lipinski definition) is 0. The van der Waals surface area contributed by atoms with Crippen molar-refractivity contribution in [2.24, 2.45) is 5.92 Å². The van der Waals surface area contributed by atoms with E-state index >= 15 is 0 Å². The molecular formula is C25H40N2O5. The van der Waals surface area contributed by atoms with E-state index in [1.165, 1.54) is 10.5 Å². The fourth-order valence-corrected chi connectivity index (χ4v) is 3.35. The smallest absolute Gasteiger partial charge is 0.416 e. The summed E-state index contributed by atoms with van der Waals surface area (Å²) in [5.74, 6) is 0.235. The highest BCUT2D eigenvalue weighted by Crippen LogP contribution is 2.24. The van der Waals surface area contributed by atoms with Crippen LogP contribution in [0.1, 0.15) is 65.9 Å². The van der Waals surface area contributed by atoms with Gasteiger partial charge in [-0.2, -0.15) is 0 Å². The predicted molar refractivity (Wildman–Crippen MR) is 125 cm³/mol. The molecule has 2 aliphatic heterocycles. The topological polar surface area (TPSA) is 76.2 Å². The Morgan fingerprint density at radius 1 is 1.06 bits per heavy atom. The molecule has 3 rings (SSSR count). The minimum Gasteiger partial charge on any atom is -0.447 e. The number of cyclic esters (lactones) is 1. The number of ether oxygens (including phenoxy) is 2. The zero-order chi connectivity index (χ0) is 24.1. The highest BCUT2D eigenvalue weighted by molar-refractivity contribution is 5.92. The van der Waals surface area contributed by atoms with Crippen molar-refractivity contribution in [3.63, 3.8) is 0 Å². The third kappa shape index (κ3) is 10.2. The van der Waals surface area contributed by atoms with Gasteiger partial charge in [0.15, 0.2) is 0 Å². The summed E-state index contributed by atoms with van der Waals surface area (Å²) in [5.41, 5.74) is 0.840. The molecule has 0 N–H and O–H groups in total. The van der Waals surface area contributed by atoms with Gasteiger partial charge < -0.3 is 14.4 Å². The van der Waals surface area contributed by atoms with E-state index in [2.05, 4.69) is 19.1 Å². The molecule has 1 aromatic carbocycles. The molecule has 7 nitrogen and oxygen atoms in total. The van der Waals surface area contributed by atoms with Crippen LogP contribution in [0.25, 0.3) is 0 Å². The van der Waals surface area contributed by atoms with Gasteiger partial charge in [-0.15, -0.1) is 0 Å². The van der Waals surface area contributed by atoms with Gasteiger partial charge in [0.25, 0.3) is 0 Å². The van der Waals surface area contributed by atoms with Crippen LogP contribution in [0.2, 0.25) is 0 Å². The first-order valence-electron chi connectivity index (χ1n) is 11.6. The maximum Gasteiger partial charge on any atom is 0.416 e. The molecule has 1 aromatic rings. The summed E-state index contributed by atoms with van der Waals surface area (Å²) in [7, 11) is 0. The monoisotopic (exact) mass is 448 g/mol. The summed E-state index contributed by atoms with van der Waals surface area (Å²) < 4.78 is 10.1. The first kappa shape index (κ1) is 27.5. The molecule has 7 heteroatoms. The largest absolute Gasteiger partial charge is 0.447 e. The van der Waals surface area contributed by atoms with Crippen molar-refractivity contribution in [1.29, 1.82) is 0 Å². The molecular weight excluding hydrogens is 408 g/mol. The van der Waals surface area contributed by atoms with Gasteiger partial charge >= 0.3 is 12.2 Å². The van der Waals surface area contributed by atoms with Gasteiger partial charge in [-0.3, -0.25) is 4.79 Å². The van der Waals surface area contributed by atoms with Crippen LogP contribution in [0, 0.1) is 12.8 Å². The number of carbonyl (C=O) groups is 3. The molecule has 0 aromatic heterocycles. The molecule has 0 aliphatic carbocycles. The lowest BCUT2D eigenvalue weighted by atomic mass is 9.92. The second kappa shape index (κ2) is 13.8. The molecule has 3 amide bonds. The molecule has 0 saturated carbocycles. The van der Waals surface area contributed by atoms with Crippen LogP contribution in [0.3, 0.4) is 0 Å². The number of nitrogens with zero attached hydrogens (tertiary/aromatic N) is 2. The number of piperidine rings is 1. The Kier molecular flexibility index (Phi) is 11.8. The molecule has 0 unspecified atom stereocenters. The van der Waals surface area contributed by atoms with Gasteiger partial charge in [0, 0.05) is 19.5 Å². The van der Waals surface area contributed by atoms with Gasteiger partial charge in [-0.05, 0) is 52.9 Å². The lowest BCUT2D eigenvalue weighted by molar-refractivity contribution is -0.128. The second-order valence-corrected chi connectivity index (χ2v) is 8.76. The predicted octanol–water partition coefficient (Wildman–Crippen LogP) is 5.41. The number of imide groups is 1. The fraction of sp³-hybridized carbons (Fsp3) is 0.640. The molecule has 2 heterocycles. The van der Waals surface area contributed by atoms with Gasteiger partial charge in [0.05, 0.1) is 6.54 Å². The molecule has 2 aliphatic rings. The van der Waals surface area contributed by atoms with E-state index in [1.54, 1.807) is 4.90 Å². The minimum absolute atomic E-state index is 0.165. The van der Waals surface area contributed by atoms with E-state index in [9.17, 15) is 14.4 Å². The lowest BCUT2D eigenvalue weighted by Gasteiger charge is -2.33. The molecule has 2 saturated heterocycles. The number of amides is 3. The Bertz CT molecular complexity index is 707. The molecule has 0 atom stereocenters. The molecule has 32 heavy (non-hydrogen) atoms. The van der Waals surface area contributed by atoms with Gasteiger partial charge in [0.2, 0.25) is 5.91 Å². The van der Waals surface area contributed by atoms with Gasteiger partial charge in [0.1, 0.15) is 12.2 Å². The Morgan fingerprint density at radius 3 is 2.09 bits per heavy atom. The Hall–Kier alpha value is -2.57. The average Bonchev–Trinajstić information content (AvgIpc) is 3.19. The highest BCUT2D eigenvalue weighted by Gasteiger charge is 2.30. The fourth-order valence-electron chi connectivity index (χ4n) is 3.35. The SMILES string of the molecule is CC.CC(C)(C)OC(=O)N1CCC(CCC(=O)N2CCOC2=O)CC1.Cc1ccccc1. The van der Waals surface area contributed by atoms with Crippen LogP contribution >= 0.6 is 0 Å². The van der Waals surface area contributed by atoms with Crippen molar-refractivity contribution in [2.45, 2.75) is 72.8 Å². The Labute approximate surface area is 193 Å². The third-order valence-corrected chi connectivity index (χ3v) is 5.04. The van der Waals surface area contributed by atoms with Gasteiger partial charge in [-0.1, -0.05) is 49.7 Å². The van der Waals surface area contributed by atoms with Crippen LogP contribution in [0.15, 0.2) is 30.3 Å². The number of aryl methyl sites for hydroxylation is 1. The summed E-state index contributed by atoms with van der Waals surface area (Å²) in [6.07, 6.45) is 2.01. The molecule has 0 spiro atoms. The first-order chi connectivity index (χ1) is 15.2. The minimum atomic E-state index is -0.533. The molecule has 180 valence electrons. The zero-order valence-corrected chi connectivity index (χ0v) is 20.6. The Morgan fingerprint density at radius 2 is 1.66 bits per heavy atom. The molecule has 2 fully saturated rings. The third-order valence-electron chi connectivity index (χ3n) is 5.04. The van der Waals surface area contributed by atoms with E-state index in [-0.39, 0.29) is 12.0 Å². The number of hydrogen-bond acceptors (Lipinski definition) is 5. The lowest BCUT2D eigenvalue weighted by Crippen LogP contribution is -2.42. The second-order valence-electron chi connectivity index (χ2n) is 8.76. The van der Waals surface area contributed by atoms with Crippen molar-refractivity contribution in [2.75, 3.05) is 26.2 Å². The number of rotatable bonds is 3. The van der Waals surface area contributed by atoms with Crippen molar-refractivity contribution >= 4 is 18.1 Å². The highest BCUT2D eigenvalue weighted by atomic mass is 16.6. The van der Waals surface area contributed by atoms with Crippen LogP contribution in [0.5, 0.6) is 0 Å². The maximum atomic E-state index is 12.0. The zero-order valence-electron chi connectivity index (χ0n) is 20.6. The van der Waals surface area contributed by atoms with E-state index < -0.39 is 11.7 Å². The number of carbonyl (C=O) groups excluding carboxylic acids is 3. The normalized spacial score (nSPS) is 16.2. The van der Waals surface area contributed by atoms with Crippen molar-refractivity contribution < 1.29 is 23.9 Å². The van der Waals surface area contributed by atoms with Gasteiger partial charge in [-0.25, -0.2) is 14.5 Å². The first-order valence-corrected chi connectivity index (χ1v) is 11.6. The average molecular weight is 449 g/mol. The van der Waals surface area contributed by atoms with Crippen molar-refractivity contribution in [1.82, 2.24) is 9.80 Å². The summed E-state index contributed by atoms with van der Waals surface area (Å²) in [4.78, 5) is 38.2.